The Balaban J connectivity index is 2.71. The number of nitrogens with one attached hydrogen (secondary N) is 2. The molecular formula is C19H32N4O3. The minimum Gasteiger partial charge on any atom is -0.491 e. The highest BCUT2D eigenvalue weighted by molar-refractivity contribution is 5.81. The lowest BCUT2D eigenvalue weighted by molar-refractivity contribution is -0.128. The Kier molecular flexibility index (Phi) is 10.2. The van der Waals surface area contributed by atoms with E-state index >= 15 is 0 Å². The number of benzene rings is 1. The molecule has 0 saturated heterocycles. The maximum absolute atomic E-state index is 11.7. The van der Waals surface area contributed by atoms with Crippen LogP contribution in [-0.4, -0.2) is 64.3 Å². The van der Waals surface area contributed by atoms with Crippen LogP contribution >= 0.6 is 0 Å². The number of amides is 1. The van der Waals surface area contributed by atoms with Crippen LogP contribution in [0.2, 0.25) is 0 Å². The second-order valence-corrected chi connectivity index (χ2v) is 6.11. The highest BCUT2D eigenvalue weighted by atomic mass is 16.5. The van der Waals surface area contributed by atoms with Crippen LogP contribution in [0.5, 0.6) is 5.75 Å². The van der Waals surface area contributed by atoms with Crippen molar-refractivity contribution < 1.29 is 14.3 Å². The fraction of sp³-hybridized carbons (Fsp3) is 0.579. The van der Waals surface area contributed by atoms with Gasteiger partial charge in [-0.25, -0.2) is 4.99 Å². The molecule has 0 heterocycles. The Morgan fingerprint density at radius 2 is 2.00 bits per heavy atom. The predicted octanol–water partition coefficient (Wildman–Crippen LogP) is 1.55. The first kappa shape index (κ1) is 21.8. The molecule has 0 aliphatic rings. The number of aliphatic imine (C=N–C) groups is 1. The van der Waals surface area contributed by atoms with Crippen molar-refractivity contribution in [2.45, 2.75) is 26.8 Å². The van der Waals surface area contributed by atoms with Gasteiger partial charge in [-0.05, 0) is 25.5 Å². The lowest BCUT2D eigenvalue weighted by Gasteiger charge is -2.14. The molecule has 146 valence electrons. The number of aryl methyl sites for hydroxylation is 1. The standard InChI is InChI=1S/C19H32N4O3/c1-6-20-19(21-10-9-18(24)23(3)4)22-14-16-8-7-15(2)13-17(16)26-12-11-25-5/h7-8,13H,6,9-12,14H2,1-5H3,(H2,20,21,22). The van der Waals surface area contributed by atoms with Gasteiger partial charge in [-0.15, -0.1) is 0 Å². The van der Waals surface area contributed by atoms with Crippen LogP contribution in [0.15, 0.2) is 23.2 Å². The third kappa shape index (κ3) is 8.20. The Hall–Kier alpha value is -2.28. The first-order valence-electron chi connectivity index (χ1n) is 8.91. The summed E-state index contributed by atoms with van der Waals surface area (Å²) in [5.41, 5.74) is 2.14. The van der Waals surface area contributed by atoms with E-state index in [1.165, 1.54) is 0 Å². The van der Waals surface area contributed by atoms with Crippen LogP contribution in [0.25, 0.3) is 0 Å². The fourth-order valence-corrected chi connectivity index (χ4v) is 2.18. The number of rotatable bonds is 10. The smallest absolute Gasteiger partial charge is 0.223 e. The number of ether oxygens (including phenoxy) is 2. The summed E-state index contributed by atoms with van der Waals surface area (Å²) in [6, 6.07) is 6.08. The average molecular weight is 364 g/mol. The van der Waals surface area contributed by atoms with Gasteiger partial charge in [0.05, 0.1) is 13.2 Å². The van der Waals surface area contributed by atoms with Crippen LogP contribution in [-0.2, 0) is 16.1 Å². The average Bonchev–Trinajstić information content (AvgIpc) is 2.60. The molecule has 0 saturated carbocycles. The number of carbonyl (C=O) groups is 1. The second-order valence-electron chi connectivity index (χ2n) is 6.11. The van der Waals surface area contributed by atoms with Gasteiger partial charge < -0.3 is 25.0 Å². The van der Waals surface area contributed by atoms with E-state index in [0.717, 1.165) is 23.4 Å². The van der Waals surface area contributed by atoms with Crippen molar-refractivity contribution in [2.24, 2.45) is 4.99 Å². The van der Waals surface area contributed by atoms with E-state index in [9.17, 15) is 4.79 Å². The highest BCUT2D eigenvalue weighted by Gasteiger charge is 2.07. The molecular weight excluding hydrogens is 332 g/mol. The molecule has 1 aromatic carbocycles. The zero-order valence-corrected chi connectivity index (χ0v) is 16.6. The van der Waals surface area contributed by atoms with Crippen LogP contribution in [0.4, 0.5) is 0 Å². The van der Waals surface area contributed by atoms with Crippen molar-refractivity contribution in [2.75, 3.05) is 47.5 Å². The summed E-state index contributed by atoms with van der Waals surface area (Å²) in [6.07, 6.45) is 0.424. The first-order valence-corrected chi connectivity index (χ1v) is 8.91. The van der Waals surface area contributed by atoms with Crippen LogP contribution in [0.3, 0.4) is 0 Å². The SMILES string of the molecule is CCNC(=NCc1ccc(C)cc1OCCOC)NCCC(=O)N(C)C. The summed E-state index contributed by atoms with van der Waals surface area (Å²) < 4.78 is 10.8. The molecule has 0 spiro atoms. The van der Waals surface area contributed by atoms with Crippen molar-refractivity contribution in [3.8, 4) is 5.75 Å². The summed E-state index contributed by atoms with van der Waals surface area (Å²) >= 11 is 0. The summed E-state index contributed by atoms with van der Waals surface area (Å²) in [6.45, 7) is 6.85. The van der Waals surface area contributed by atoms with Crippen LogP contribution < -0.4 is 15.4 Å². The summed E-state index contributed by atoms with van der Waals surface area (Å²) in [5.74, 6) is 1.59. The third-order valence-electron chi connectivity index (χ3n) is 3.65. The van der Waals surface area contributed by atoms with Gasteiger partial charge in [0.1, 0.15) is 12.4 Å². The molecule has 0 aromatic heterocycles. The summed E-state index contributed by atoms with van der Waals surface area (Å²) in [4.78, 5) is 17.8. The van der Waals surface area contributed by atoms with Gasteiger partial charge >= 0.3 is 0 Å². The van der Waals surface area contributed by atoms with Gasteiger partial charge in [0.2, 0.25) is 5.91 Å². The fourth-order valence-electron chi connectivity index (χ4n) is 2.18. The molecule has 0 aliphatic heterocycles. The van der Waals surface area contributed by atoms with Crippen molar-refractivity contribution in [1.29, 1.82) is 0 Å². The van der Waals surface area contributed by atoms with E-state index < -0.39 is 0 Å². The van der Waals surface area contributed by atoms with E-state index in [2.05, 4.69) is 15.6 Å². The molecule has 0 radical (unpaired) electrons. The van der Waals surface area contributed by atoms with Crippen LogP contribution in [0, 0.1) is 6.92 Å². The van der Waals surface area contributed by atoms with Gasteiger partial charge in [-0.1, -0.05) is 12.1 Å². The molecule has 0 atom stereocenters. The van der Waals surface area contributed by atoms with E-state index in [4.69, 9.17) is 9.47 Å². The van der Waals surface area contributed by atoms with Gasteiger partial charge in [0, 0.05) is 46.3 Å². The minimum absolute atomic E-state index is 0.0840. The van der Waals surface area contributed by atoms with Gasteiger partial charge in [-0.2, -0.15) is 0 Å². The second kappa shape index (κ2) is 12.1. The van der Waals surface area contributed by atoms with E-state index in [0.29, 0.717) is 38.7 Å². The van der Waals surface area contributed by atoms with Crippen molar-refractivity contribution in [3.63, 3.8) is 0 Å². The monoisotopic (exact) mass is 364 g/mol. The molecule has 0 fully saturated rings. The van der Waals surface area contributed by atoms with Crippen molar-refractivity contribution in [3.05, 3.63) is 29.3 Å². The summed E-state index contributed by atoms with van der Waals surface area (Å²) in [5, 5.41) is 6.38. The Bertz CT molecular complexity index is 588. The topological polar surface area (TPSA) is 75.2 Å². The Morgan fingerprint density at radius 1 is 1.23 bits per heavy atom. The number of hydrogen-bond donors (Lipinski definition) is 2. The molecule has 7 heteroatoms. The molecule has 0 bridgehead atoms. The molecule has 0 aliphatic carbocycles. The van der Waals surface area contributed by atoms with E-state index in [1.807, 2.05) is 32.0 Å². The molecule has 1 aromatic rings. The Labute approximate surface area is 156 Å². The maximum Gasteiger partial charge on any atom is 0.223 e. The Morgan fingerprint density at radius 3 is 2.65 bits per heavy atom. The highest BCUT2D eigenvalue weighted by Crippen LogP contribution is 2.21. The van der Waals surface area contributed by atoms with Crippen LogP contribution in [0.1, 0.15) is 24.5 Å². The quantitative estimate of drug-likeness (QED) is 0.374. The first-order chi connectivity index (χ1) is 12.5. The van der Waals surface area contributed by atoms with Crippen molar-refractivity contribution >= 4 is 11.9 Å². The number of hydrogen-bond acceptors (Lipinski definition) is 4. The number of carbonyl (C=O) groups excluding carboxylic acids is 1. The number of guanidine groups is 1. The van der Waals surface area contributed by atoms with E-state index in [1.54, 1.807) is 26.1 Å². The maximum atomic E-state index is 11.7. The molecule has 1 amide bonds. The van der Waals surface area contributed by atoms with Crippen molar-refractivity contribution in [1.82, 2.24) is 15.5 Å². The largest absolute Gasteiger partial charge is 0.491 e. The summed E-state index contributed by atoms with van der Waals surface area (Å²) in [7, 11) is 5.16. The van der Waals surface area contributed by atoms with Gasteiger partial charge in [0.15, 0.2) is 5.96 Å². The van der Waals surface area contributed by atoms with E-state index in [-0.39, 0.29) is 5.91 Å². The third-order valence-corrected chi connectivity index (χ3v) is 3.65. The van der Waals surface area contributed by atoms with Gasteiger partial charge in [0.25, 0.3) is 0 Å². The molecule has 1 rings (SSSR count). The zero-order valence-electron chi connectivity index (χ0n) is 16.6. The molecule has 0 unspecified atom stereocenters. The molecule has 2 N–H and O–H groups in total. The molecule has 7 nitrogen and oxygen atoms in total. The minimum atomic E-state index is 0.0840. The number of methoxy groups -OCH3 is 1. The number of nitrogens with zero attached hydrogens (tertiary/aromatic N) is 2. The van der Waals surface area contributed by atoms with Gasteiger partial charge in [-0.3, -0.25) is 4.79 Å². The predicted molar refractivity (Wildman–Crippen MR) is 105 cm³/mol. The lowest BCUT2D eigenvalue weighted by Crippen LogP contribution is -2.39. The lowest BCUT2D eigenvalue weighted by atomic mass is 10.1. The normalized spacial score (nSPS) is 11.2. The molecule has 26 heavy (non-hydrogen) atoms. The zero-order chi connectivity index (χ0) is 19.4.